The molecule has 6 nitrogen and oxygen atoms in total. The summed E-state index contributed by atoms with van der Waals surface area (Å²) in [5.74, 6) is 0.570. The van der Waals surface area contributed by atoms with Crippen molar-refractivity contribution in [1.29, 1.82) is 0 Å². The smallest absolute Gasteiger partial charge is 0.226 e. The van der Waals surface area contributed by atoms with Crippen LogP contribution in [-0.4, -0.2) is 49.0 Å². The summed E-state index contributed by atoms with van der Waals surface area (Å²) in [6.45, 7) is 5.37. The normalized spacial score (nSPS) is 17.1. The third-order valence-corrected chi connectivity index (χ3v) is 4.05. The van der Waals surface area contributed by atoms with Gasteiger partial charge in [0, 0.05) is 38.2 Å². The second-order valence-electron chi connectivity index (χ2n) is 6.50. The van der Waals surface area contributed by atoms with E-state index in [0.717, 1.165) is 37.4 Å². The first kappa shape index (κ1) is 18.3. The van der Waals surface area contributed by atoms with E-state index in [-0.39, 0.29) is 30.4 Å². The molecule has 1 saturated heterocycles. The van der Waals surface area contributed by atoms with Crippen molar-refractivity contribution in [3.63, 3.8) is 0 Å². The first-order valence-electron chi connectivity index (χ1n) is 8.44. The van der Waals surface area contributed by atoms with Crippen LogP contribution in [0.25, 0.3) is 0 Å². The standard InChI is InChI=1S/C18H27N3O3/c1-13(19-14(2)22)12-18(23)20-15-4-6-16(7-5-15)24-17-8-10-21(3)11-9-17/h4-7,13,17H,8-12H2,1-3H3,(H,19,22)(H,20,23). The van der Waals surface area contributed by atoms with Crippen LogP contribution in [-0.2, 0) is 9.59 Å². The minimum atomic E-state index is -0.186. The van der Waals surface area contributed by atoms with E-state index in [2.05, 4.69) is 22.6 Å². The summed E-state index contributed by atoms with van der Waals surface area (Å²) < 4.78 is 5.99. The van der Waals surface area contributed by atoms with Gasteiger partial charge in [-0.2, -0.15) is 0 Å². The molecule has 1 fully saturated rings. The van der Waals surface area contributed by atoms with Crippen molar-refractivity contribution in [3.8, 4) is 5.75 Å². The summed E-state index contributed by atoms with van der Waals surface area (Å²) in [5, 5.41) is 5.52. The Hall–Kier alpha value is -2.08. The second-order valence-corrected chi connectivity index (χ2v) is 6.50. The van der Waals surface area contributed by atoms with Gasteiger partial charge in [0.1, 0.15) is 11.9 Å². The van der Waals surface area contributed by atoms with Crippen molar-refractivity contribution >= 4 is 17.5 Å². The SMILES string of the molecule is CC(=O)NC(C)CC(=O)Nc1ccc(OC2CCN(C)CC2)cc1. The molecule has 1 aromatic carbocycles. The average molecular weight is 333 g/mol. The Labute approximate surface area is 143 Å². The van der Waals surface area contributed by atoms with E-state index >= 15 is 0 Å². The largest absolute Gasteiger partial charge is 0.490 e. The number of hydrogen-bond acceptors (Lipinski definition) is 4. The third kappa shape index (κ3) is 6.20. The number of hydrogen-bond donors (Lipinski definition) is 2. The fourth-order valence-electron chi connectivity index (χ4n) is 2.80. The number of nitrogens with zero attached hydrogens (tertiary/aromatic N) is 1. The van der Waals surface area contributed by atoms with E-state index in [1.54, 1.807) is 6.92 Å². The van der Waals surface area contributed by atoms with Crippen LogP contribution in [0.1, 0.15) is 33.1 Å². The maximum atomic E-state index is 11.9. The molecular formula is C18H27N3O3. The molecule has 1 aliphatic rings. The van der Waals surface area contributed by atoms with Crippen LogP contribution in [0.5, 0.6) is 5.75 Å². The number of amides is 2. The summed E-state index contributed by atoms with van der Waals surface area (Å²) in [7, 11) is 2.13. The van der Waals surface area contributed by atoms with Crippen molar-refractivity contribution in [2.24, 2.45) is 0 Å². The lowest BCUT2D eigenvalue weighted by atomic mass is 10.1. The monoisotopic (exact) mass is 333 g/mol. The molecule has 2 amide bonds. The molecule has 1 atom stereocenters. The van der Waals surface area contributed by atoms with Gasteiger partial charge < -0.3 is 20.3 Å². The highest BCUT2D eigenvalue weighted by atomic mass is 16.5. The number of carbonyl (C=O) groups excluding carboxylic acids is 2. The molecule has 0 aromatic heterocycles. The van der Waals surface area contributed by atoms with E-state index in [1.807, 2.05) is 24.3 Å². The summed E-state index contributed by atoms with van der Waals surface area (Å²) in [5.41, 5.74) is 0.728. The molecule has 0 spiro atoms. The van der Waals surface area contributed by atoms with Crippen molar-refractivity contribution in [2.75, 3.05) is 25.5 Å². The Morgan fingerprint density at radius 3 is 2.46 bits per heavy atom. The Morgan fingerprint density at radius 1 is 1.25 bits per heavy atom. The molecule has 24 heavy (non-hydrogen) atoms. The second kappa shape index (κ2) is 8.68. The number of piperidine rings is 1. The van der Waals surface area contributed by atoms with Gasteiger partial charge in [-0.1, -0.05) is 0 Å². The maximum absolute atomic E-state index is 11.9. The molecule has 0 aliphatic carbocycles. The summed E-state index contributed by atoms with van der Waals surface area (Å²) in [6, 6.07) is 7.25. The summed E-state index contributed by atoms with van der Waals surface area (Å²) in [6.07, 6.45) is 2.58. The summed E-state index contributed by atoms with van der Waals surface area (Å²) in [4.78, 5) is 25.2. The van der Waals surface area contributed by atoms with E-state index in [1.165, 1.54) is 6.92 Å². The molecule has 0 bridgehead atoms. The zero-order valence-electron chi connectivity index (χ0n) is 14.7. The molecular weight excluding hydrogens is 306 g/mol. The van der Waals surface area contributed by atoms with Crippen LogP contribution < -0.4 is 15.4 Å². The molecule has 2 N–H and O–H groups in total. The molecule has 2 rings (SSSR count). The van der Waals surface area contributed by atoms with Crippen LogP contribution in [0.3, 0.4) is 0 Å². The Morgan fingerprint density at radius 2 is 1.88 bits per heavy atom. The van der Waals surface area contributed by atoms with E-state index in [9.17, 15) is 9.59 Å². The summed E-state index contributed by atoms with van der Waals surface area (Å²) >= 11 is 0. The lowest BCUT2D eigenvalue weighted by Crippen LogP contribution is -2.35. The fraction of sp³-hybridized carbons (Fsp3) is 0.556. The molecule has 1 unspecified atom stereocenters. The predicted octanol–water partition coefficient (Wildman–Crippen LogP) is 2.01. The first-order valence-corrected chi connectivity index (χ1v) is 8.44. The van der Waals surface area contributed by atoms with Crippen LogP contribution in [0.4, 0.5) is 5.69 Å². The minimum absolute atomic E-state index is 0.125. The topological polar surface area (TPSA) is 70.7 Å². The third-order valence-electron chi connectivity index (χ3n) is 4.05. The molecule has 1 aromatic rings. The Balaban J connectivity index is 1.79. The number of carbonyl (C=O) groups is 2. The number of likely N-dealkylation sites (tertiary alicyclic amines) is 1. The van der Waals surface area contributed by atoms with Gasteiger partial charge >= 0.3 is 0 Å². The molecule has 1 aliphatic heterocycles. The number of anilines is 1. The number of rotatable bonds is 6. The highest BCUT2D eigenvalue weighted by molar-refractivity contribution is 5.91. The van der Waals surface area contributed by atoms with E-state index in [4.69, 9.17) is 4.74 Å². The van der Waals surface area contributed by atoms with Crippen LogP contribution in [0, 0.1) is 0 Å². The van der Waals surface area contributed by atoms with Gasteiger partial charge in [-0.25, -0.2) is 0 Å². The van der Waals surface area contributed by atoms with Crippen molar-refractivity contribution in [3.05, 3.63) is 24.3 Å². The minimum Gasteiger partial charge on any atom is -0.490 e. The first-order chi connectivity index (χ1) is 11.4. The molecule has 132 valence electrons. The lowest BCUT2D eigenvalue weighted by molar-refractivity contribution is -0.120. The zero-order valence-corrected chi connectivity index (χ0v) is 14.7. The van der Waals surface area contributed by atoms with Gasteiger partial charge in [0.15, 0.2) is 0 Å². The highest BCUT2D eigenvalue weighted by Crippen LogP contribution is 2.20. The Kier molecular flexibility index (Phi) is 6.61. The van der Waals surface area contributed by atoms with E-state index < -0.39 is 0 Å². The molecule has 0 radical (unpaired) electrons. The van der Waals surface area contributed by atoms with Crippen LogP contribution in [0.2, 0.25) is 0 Å². The molecule has 6 heteroatoms. The van der Waals surface area contributed by atoms with Crippen LogP contribution in [0.15, 0.2) is 24.3 Å². The van der Waals surface area contributed by atoms with Gasteiger partial charge in [0.05, 0.1) is 0 Å². The zero-order chi connectivity index (χ0) is 17.5. The molecule has 0 saturated carbocycles. The Bertz CT molecular complexity index is 551. The molecule has 1 heterocycles. The van der Waals surface area contributed by atoms with Gasteiger partial charge in [-0.15, -0.1) is 0 Å². The average Bonchev–Trinajstić information content (AvgIpc) is 2.50. The fourth-order valence-corrected chi connectivity index (χ4v) is 2.80. The quantitative estimate of drug-likeness (QED) is 0.835. The van der Waals surface area contributed by atoms with Gasteiger partial charge in [0.2, 0.25) is 11.8 Å². The number of nitrogens with one attached hydrogen (secondary N) is 2. The van der Waals surface area contributed by atoms with Gasteiger partial charge in [0.25, 0.3) is 0 Å². The van der Waals surface area contributed by atoms with Crippen molar-refractivity contribution < 1.29 is 14.3 Å². The lowest BCUT2D eigenvalue weighted by Gasteiger charge is -2.29. The predicted molar refractivity (Wildman–Crippen MR) is 94.1 cm³/mol. The number of ether oxygens (including phenoxy) is 1. The van der Waals surface area contributed by atoms with Gasteiger partial charge in [-0.3, -0.25) is 9.59 Å². The van der Waals surface area contributed by atoms with Gasteiger partial charge in [-0.05, 0) is 51.1 Å². The van der Waals surface area contributed by atoms with E-state index in [0.29, 0.717) is 0 Å². The highest BCUT2D eigenvalue weighted by Gasteiger charge is 2.18. The van der Waals surface area contributed by atoms with Crippen molar-refractivity contribution in [1.82, 2.24) is 10.2 Å². The van der Waals surface area contributed by atoms with Crippen molar-refractivity contribution in [2.45, 2.75) is 45.3 Å². The maximum Gasteiger partial charge on any atom is 0.226 e. The van der Waals surface area contributed by atoms with Crippen LogP contribution >= 0.6 is 0 Å². The number of benzene rings is 1.